The smallest absolute Gasteiger partial charge is 0.324 e. The van der Waals surface area contributed by atoms with E-state index in [2.05, 4.69) is 31.9 Å². The van der Waals surface area contributed by atoms with Crippen molar-refractivity contribution in [2.24, 2.45) is 4.99 Å². The molecule has 2 aliphatic rings. The molecule has 0 aliphatic carbocycles. The fourth-order valence-corrected chi connectivity index (χ4v) is 3.49. The summed E-state index contributed by atoms with van der Waals surface area (Å²) in [7, 11) is 3.39. The first-order chi connectivity index (χ1) is 13.6. The van der Waals surface area contributed by atoms with Crippen LogP contribution in [0.4, 0.5) is 10.5 Å². The Morgan fingerprint density at radius 1 is 1.39 bits per heavy atom. The minimum Gasteiger partial charge on any atom is -0.497 e. The van der Waals surface area contributed by atoms with E-state index in [1.165, 1.54) is 4.90 Å². The summed E-state index contributed by atoms with van der Waals surface area (Å²) in [6, 6.07) is 8.00. The van der Waals surface area contributed by atoms with E-state index >= 15 is 0 Å². The maximum atomic E-state index is 11.6. The fourth-order valence-electron chi connectivity index (χ4n) is 3.49. The molecule has 0 radical (unpaired) electrons. The molecule has 0 bridgehead atoms. The Labute approximate surface area is 165 Å². The van der Waals surface area contributed by atoms with Gasteiger partial charge in [0.15, 0.2) is 5.96 Å². The Bertz CT molecular complexity index is 722. The number of amides is 3. The number of methoxy groups -OCH3 is 1. The van der Waals surface area contributed by atoms with Crippen LogP contribution in [0.25, 0.3) is 0 Å². The number of nitrogens with zero attached hydrogens (tertiary/aromatic N) is 3. The van der Waals surface area contributed by atoms with E-state index in [0.717, 1.165) is 37.4 Å². The van der Waals surface area contributed by atoms with Crippen LogP contribution in [-0.2, 0) is 4.79 Å². The number of aliphatic imine (C=N–C) groups is 1. The van der Waals surface area contributed by atoms with Gasteiger partial charge in [0.25, 0.3) is 0 Å². The predicted octanol–water partition coefficient (Wildman–Crippen LogP) is 0.381. The number of guanidine groups is 1. The van der Waals surface area contributed by atoms with Crippen molar-refractivity contribution in [3.8, 4) is 5.75 Å². The van der Waals surface area contributed by atoms with Crippen molar-refractivity contribution < 1.29 is 14.3 Å². The third-order valence-electron chi connectivity index (χ3n) is 4.97. The minimum absolute atomic E-state index is 0.0774. The summed E-state index contributed by atoms with van der Waals surface area (Å²) < 4.78 is 5.33. The molecule has 3 amide bonds. The van der Waals surface area contributed by atoms with Crippen molar-refractivity contribution in [1.29, 1.82) is 0 Å². The van der Waals surface area contributed by atoms with Crippen molar-refractivity contribution in [3.05, 3.63) is 24.3 Å². The first-order valence-corrected chi connectivity index (χ1v) is 9.55. The summed E-state index contributed by atoms with van der Waals surface area (Å²) in [5.74, 6) is 1.33. The molecule has 3 N–H and O–H groups in total. The summed E-state index contributed by atoms with van der Waals surface area (Å²) >= 11 is 0. The Kier molecular flexibility index (Phi) is 6.57. The molecule has 1 aromatic rings. The van der Waals surface area contributed by atoms with Gasteiger partial charge in [-0.2, -0.15) is 0 Å². The summed E-state index contributed by atoms with van der Waals surface area (Å²) in [5.41, 5.74) is 1.15. The van der Waals surface area contributed by atoms with Crippen molar-refractivity contribution in [2.75, 3.05) is 51.8 Å². The van der Waals surface area contributed by atoms with Gasteiger partial charge in [0, 0.05) is 51.0 Å². The largest absolute Gasteiger partial charge is 0.497 e. The maximum Gasteiger partial charge on any atom is 0.324 e. The standard InChI is InChI=1S/C19H28N6O3/c1-20-18(21-8-10-25-17(26)12-22-19(25)27)23-14-5-4-9-24(13-14)15-6-3-7-16(11-15)28-2/h3,6-7,11,14H,4-5,8-10,12-13H2,1-2H3,(H,22,27)(H2,20,21,23). The molecule has 1 atom stereocenters. The summed E-state index contributed by atoms with van der Waals surface area (Å²) in [6.07, 6.45) is 2.13. The highest BCUT2D eigenvalue weighted by molar-refractivity contribution is 6.01. The van der Waals surface area contributed by atoms with Gasteiger partial charge in [-0.15, -0.1) is 0 Å². The molecule has 2 saturated heterocycles. The number of benzene rings is 1. The van der Waals surface area contributed by atoms with Crippen molar-refractivity contribution in [3.63, 3.8) is 0 Å². The highest BCUT2D eigenvalue weighted by Crippen LogP contribution is 2.24. The van der Waals surface area contributed by atoms with Crippen LogP contribution in [-0.4, -0.2) is 75.7 Å². The molecule has 152 valence electrons. The number of hydrogen-bond acceptors (Lipinski definition) is 5. The zero-order valence-corrected chi connectivity index (χ0v) is 16.4. The molecule has 2 heterocycles. The van der Waals surface area contributed by atoms with Crippen molar-refractivity contribution in [2.45, 2.75) is 18.9 Å². The van der Waals surface area contributed by atoms with Crippen LogP contribution in [0.5, 0.6) is 5.75 Å². The maximum absolute atomic E-state index is 11.6. The van der Waals surface area contributed by atoms with E-state index in [-0.39, 0.29) is 24.5 Å². The number of carbonyl (C=O) groups is 2. The quantitative estimate of drug-likeness (QED) is 0.370. The number of urea groups is 1. The normalized spacial score (nSPS) is 20.2. The van der Waals surface area contributed by atoms with Gasteiger partial charge in [-0.05, 0) is 25.0 Å². The molecule has 28 heavy (non-hydrogen) atoms. The second-order valence-corrected chi connectivity index (χ2v) is 6.83. The van der Waals surface area contributed by atoms with E-state index in [9.17, 15) is 9.59 Å². The molecule has 0 saturated carbocycles. The van der Waals surface area contributed by atoms with Gasteiger partial charge < -0.3 is 25.6 Å². The molecule has 2 aliphatic heterocycles. The summed E-state index contributed by atoms with van der Waals surface area (Å²) in [4.78, 5) is 31.0. The van der Waals surface area contributed by atoms with Crippen LogP contribution in [0.3, 0.4) is 0 Å². The Morgan fingerprint density at radius 3 is 2.96 bits per heavy atom. The minimum atomic E-state index is -0.337. The fraction of sp³-hybridized carbons (Fsp3) is 0.526. The topological polar surface area (TPSA) is 98.3 Å². The number of carbonyl (C=O) groups excluding carboxylic acids is 2. The van der Waals surface area contributed by atoms with Gasteiger partial charge in [0.1, 0.15) is 5.75 Å². The molecular weight excluding hydrogens is 360 g/mol. The first kappa shape index (κ1) is 19.8. The number of rotatable bonds is 6. The summed E-state index contributed by atoms with van der Waals surface area (Å²) in [6.45, 7) is 2.70. The number of nitrogens with one attached hydrogen (secondary N) is 3. The van der Waals surface area contributed by atoms with Gasteiger partial charge >= 0.3 is 6.03 Å². The van der Waals surface area contributed by atoms with E-state index in [0.29, 0.717) is 19.0 Å². The summed E-state index contributed by atoms with van der Waals surface area (Å²) in [5, 5.41) is 9.14. The van der Waals surface area contributed by atoms with Crippen molar-refractivity contribution >= 4 is 23.6 Å². The van der Waals surface area contributed by atoms with Gasteiger partial charge in [-0.3, -0.25) is 14.7 Å². The number of ether oxygens (including phenoxy) is 1. The van der Waals surface area contributed by atoms with Gasteiger partial charge in [-0.25, -0.2) is 4.79 Å². The van der Waals surface area contributed by atoms with E-state index in [4.69, 9.17) is 4.74 Å². The lowest BCUT2D eigenvalue weighted by molar-refractivity contribution is -0.124. The highest BCUT2D eigenvalue weighted by Gasteiger charge is 2.28. The van der Waals surface area contributed by atoms with Crippen molar-refractivity contribution in [1.82, 2.24) is 20.9 Å². The van der Waals surface area contributed by atoms with Crippen LogP contribution < -0.4 is 25.6 Å². The molecule has 0 spiro atoms. The van der Waals surface area contributed by atoms with Gasteiger partial charge in [-0.1, -0.05) is 6.07 Å². The lowest BCUT2D eigenvalue weighted by Crippen LogP contribution is -2.52. The lowest BCUT2D eigenvalue weighted by Gasteiger charge is -2.35. The van der Waals surface area contributed by atoms with Crippen LogP contribution in [0.15, 0.2) is 29.3 Å². The lowest BCUT2D eigenvalue weighted by atomic mass is 10.0. The van der Waals surface area contributed by atoms with E-state index < -0.39 is 0 Å². The van der Waals surface area contributed by atoms with E-state index in [1.54, 1.807) is 14.2 Å². The molecule has 1 unspecified atom stereocenters. The van der Waals surface area contributed by atoms with Gasteiger partial charge in [0.05, 0.1) is 13.7 Å². The SMILES string of the molecule is CN=C(NCCN1C(=O)CNC1=O)NC1CCCN(c2cccc(OC)c2)C1. The highest BCUT2D eigenvalue weighted by atomic mass is 16.5. The molecule has 3 rings (SSSR count). The number of anilines is 1. The Morgan fingerprint density at radius 2 is 2.25 bits per heavy atom. The average Bonchev–Trinajstić information content (AvgIpc) is 3.05. The number of imide groups is 1. The number of piperidine rings is 1. The molecule has 0 aromatic heterocycles. The van der Waals surface area contributed by atoms with Gasteiger partial charge in [0.2, 0.25) is 5.91 Å². The van der Waals surface area contributed by atoms with Crippen LogP contribution in [0, 0.1) is 0 Å². The molecule has 2 fully saturated rings. The Balaban J connectivity index is 1.50. The molecule has 9 heteroatoms. The first-order valence-electron chi connectivity index (χ1n) is 9.55. The average molecular weight is 388 g/mol. The Hall–Kier alpha value is -2.97. The predicted molar refractivity (Wildman–Crippen MR) is 108 cm³/mol. The second kappa shape index (κ2) is 9.29. The number of hydrogen-bond donors (Lipinski definition) is 3. The van der Waals surface area contributed by atoms with Crippen LogP contribution in [0.1, 0.15) is 12.8 Å². The monoisotopic (exact) mass is 388 g/mol. The van der Waals surface area contributed by atoms with Crippen LogP contribution >= 0.6 is 0 Å². The third kappa shape index (κ3) is 4.85. The molecule has 9 nitrogen and oxygen atoms in total. The zero-order valence-electron chi connectivity index (χ0n) is 16.4. The zero-order chi connectivity index (χ0) is 19.9. The second-order valence-electron chi connectivity index (χ2n) is 6.83. The van der Waals surface area contributed by atoms with E-state index in [1.807, 2.05) is 18.2 Å². The molecular formula is C19H28N6O3. The van der Waals surface area contributed by atoms with Crippen LogP contribution in [0.2, 0.25) is 0 Å². The third-order valence-corrected chi connectivity index (χ3v) is 4.97. The molecule has 1 aromatic carbocycles.